The smallest absolute Gasteiger partial charge is 0.406 e. The number of ketones is 1. The van der Waals surface area contributed by atoms with E-state index in [1.807, 2.05) is 0 Å². The number of thioether (sulfide) groups is 2. The zero-order valence-corrected chi connectivity index (χ0v) is 18.6. The molecule has 0 aliphatic carbocycles. The van der Waals surface area contributed by atoms with Crippen LogP contribution in [-0.4, -0.2) is 33.2 Å². The predicted molar refractivity (Wildman–Crippen MR) is 117 cm³/mol. The highest BCUT2D eigenvalue weighted by Gasteiger charge is 2.31. The maximum absolute atomic E-state index is 13.1. The Labute approximate surface area is 193 Å². The van der Waals surface area contributed by atoms with Crippen molar-refractivity contribution >= 4 is 40.9 Å². The minimum Gasteiger partial charge on any atom is -0.406 e. The van der Waals surface area contributed by atoms with E-state index in [0.29, 0.717) is 44.2 Å². The highest BCUT2D eigenvalue weighted by Crippen LogP contribution is 2.31. The largest absolute Gasteiger partial charge is 0.573 e. The van der Waals surface area contributed by atoms with Crippen molar-refractivity contribution in [2.24, 2.45) is 0 Å². The topological polar surface area (TPSA) is 61.2 Å². The van der Waals surface area contributed by atoms with Gasteiger partial charge in [0.25, 0.3) is 5.56 Å². The van der Waals surface area contributed by atoms with Gasteiger partial charge in [-0.1, -0.05) is 23.4 Å². The summed E-state index contributed by atoms with van der Waals surface area (Å²) in [6, 6.07) is 11.4. The van der Waals surface area contributed by atoms with Gasteiger partial charge in [0, 0.05) is 22.8 Å². The number of hydrogen-bond donors (Lipinski definition) is 0. The van der Waals surface area contributed by atoms with E-state index in [-0.39, 0.29) is 17.1 Å². The first-order valence-corrected chi connectivity index (χ1v) is 11.6. The number of alkyl halides is 3. The van der Waals surface area contributed by atoms with Crippen molar-refractivity contribution in [2.75, 3.05) is 11.5 Å². The summed E-state index contributed by atoms with van der Waals surface area (Å²) < 4.78 is 42.6. The Morgan fingerprint density at radius 2 is 1.84 bits per heavy atom. The molecule has 5 nitrogen and oxygen atoms in total. The molecule has 0 bridgehead atoms. The number of carbonyl (C=O) groups is 1. The van der Waals surface area contributed by atoms with Crippen LogP contribution in [0.15, 0.2) is 63.4 Å². The van der Waals surface area contributed by atoms with E-state index in [0.717, 1.165) is 23.9 Å². The molecule has 0 amide bonds. The van der Waals surface area contributed by atoms with E-state index in [4.69, 9.17) is 11.6 Å². The van der Waals surface area contributed by atoms with E-state index in [1.54, 1.807) is 24.3 Å². The molecule has 32 heavy (non-hydrogen) atoms. The van der Waals surface area contributed by atoms with Crippen LogP contribution in [0, 0.1) is 0 Å². The molecular weight excluding hydrogens is 485 g/mol. The minimum atomic E-state index is -4.81. The maximum Gasteiger partial charge on any atom is 0.573 e. The fourth-order valence-corrected chi connectivity index (χ4v) is 5.14. The zero-order chi connectivity index (χ0) is 22.9. The van der Waals surface area contributed by atoms with Gasteiger partial charge in [0.05, 0.1) is 22.0 Å². The van der Waals surface area contributed by atoms with E-state index in [9.17, 15) is 22.8 Å². The second-order valence-corrected chi connectivity index (χ2v) is 9.15. The van der Waals surface area contributed by atoms with Crippen LogP contribution in [0.1, 0.15) is 16.1 Å². The van der Waals surface area contributed by atoms with E-state index >= 15 is 0 Å². The summed E-state index contributed by atoms with van der Waals surface area (Å²) in [4.78, 5) is 30.8. The van der Waals surface area contributed by atoms with Gasteiger partial charge in [-0.15, -0.1) is 24.9 Å². The number of Topliss-reactive ketones (excluding diaryl/α,β-unsaturated/α-hetero) is 1. The predicted octanol–water partition coefficient (Wildman–Crippen LogP) is 5.41. The first-order chi connectivity index (χ1) is 15.2. The maximum atomic E-state index is 13.1. The lowest BCUT2D eigenvalue weighted by molar-refractivity contribution is -0.274. The summed E-state index contributed by atoms with van der Waals surface area (Å²) in [5, 5.41) is 0.807. The van der Waals surface area contributed by atoms with Gasteiger partial charge in [-0.25, -0.2) is 4.98 Å². The molecule has 0 fully saturated rings. The van der Waals surface area contributed by atoms with Crippen LogP contribution in [0.4, 0.5) is 13.2 Å². The molecule has 0 saturated carbocycles. The summed E-state index contributed by atoms with van der Waals surface area (Å²) in [7, 11) is 0. The summed E-state index contributed by atoms with van der Waals surface area (Å²) in [5.74, 6) is 0.171. The zero-order valence-electron chi connectivity index (χ0n) is 16.2. The molecule has 1 aromatic heterocycles. The molecule has 0 N–H and O–H groups in total. The molecule has 0 atom stereocenters. The fraction of sp³-hybridized carbons (Fsp3) is 0.190. The Morgan fingerprint density at radius 3 is 2.50 bits per heavy atom. The Bertz CT molecular complexity index is 1210. The van der Waals surface area contributed by atoms with Gasteiger partial charge in [0.1, 0.15) is 5.75 Å². The van der Waals surface area contributed by atoms with Crippen LogP contribution in [-0.2, 0) is 6.42 Å². The molecule has 2 aromatic carbocycles. The fourth-order valence-electron chi connectivity index (χ4n) is 3.06. The number of aromatic nitrogens is 2. The second kappa shape index (κ2) is 9.21. The third kappa shape index (κ3) is 5.13. The molecule has 0 saturated heterocycles. The van der Waals surface area contributed by atoms with Crippen LogP contribution in [0.5, 0.6) is 5.75 Å². The Kier molecular flexibility index (Phi) is 6.55. The molecule has 166 valence electrons. The summed E-state index contributed by atoms with van der Waals surface area (Å²) in [6.07, 6.45) is -4.18. The van der Waals surface area contributed by atoms with Crippen LogP contribution in [0.25, 0.3) is 5.69 Å². The van der Waals surface area contributed by atoms with Crippen molar-refractivity contribution in [2.45, 2.75) is 22.8 Å². The van der Waals surface area contributed by atoms with Gasteiger partial charge in [-0.3, -0.25) is 14.2 Å². The van der Waals surface area contributed by atoms with Crippen molar-refractivity contribution < 1.29 is 22.7 Å². The first-order valence-electron chi connectivity index (χ1n) is 9.28. The van der Waals surface area contributed by atoms with Crippen molar-refractivity contribution in [3.05, 3.63) is 75.2 Å². The number of fused-ring (bicyclic) bond motifs is 1. The number of ether oxygens (including phenoxy) is 1. The minimum absolute atomic E-state index is 0.0231. The SMILES string of the molecule is O=C(CSc1nc2c(c(=O)n1-c1ccc(OC(F)(F)F)cc1)SCC2)c1ccc(Cl)cc1. The average Bonchev–Trinajstić information content (AvgIpc) is 3.21. The Balaban J connectivity index is 1.65. The molecule has 1 aliphatic heterocycles. The van der Waals surface area contributed by atoms with Crippen molar-refractivity contribution in [3.63, 3.8) is 0 Å². The molecule has 3 aromatic rings. The van der Waals surface area contributed by atoms with Crippen molar-refractivity contribution in [1.29, 1.82) is 0 Å². The lowest BCUT2D eigenvalue weighted by atomic mass is 10.1. The Morgan fingerprint density at radius 1 is 1.16 bits per heavy atom. The molecule has 0 unspecified atom stereocenters. The number of rotatable bonds is 6. The Hall–Kier alpha value is -2.43. The molecule has 4 rings (SSSR count). The van der Waals surface area contributed by atoms with Gasteiger partial charge >= 0.3 is 6.36 Å². The van der Waals surface area contributed by atoms with Crippen LogP contribution < -0.4 is 10.3 Å². The first kappa shape index (κ1) is 22.8. The second-order valence-electron chi connectivity index (χ2n) is 6.67. The third-order valence-corrected chi connectivity index (χ3v) is 6.79. The molecule has 2 heterocycles. The molecular formula is C21H14ClF3N2O3S2. The summed E-state index contributed by atoms with van der Waals surface area (Å²) in [6.45, 7) is 0. The lowest BCUT2D eigenvalue weighted by Crippen LogP contribution is -2.24. The third-order valence-electron chi connectivity index (χ3n) is 4.49. The van der Waals surface area contributed by atoms with Crippen molar-refractivity contribution in [3.8, 4) is 11.4 Å². The average molecular weight is 499 g/mol. The van der Waals surface area contributed by atoms with E-state index in [2.05, 4.69) is 9.72 Å². The van der Waals surface area contributed by atoms with Gasteiger partial charge in [0.2, 0.25) is 0 Å². The van der Waals surface area contributed by atoms with E-state index in [1.165, 1.54) is 28.5 Å². The number of aryl methyl sites for hydroxylation is 1. The van der Waals surface area contributed by atoms with Crippen molar-refractivity contribution in [1.82, 2.24) is 9.55 Å². The standard InChI is InChI=1S/C21H14ClF3N2O3S2/c22-13-3-1-12(2-4-13)17(28)11-32-20-26-16-9-10-31-18(16)19(29)27(20)14-5-7-15(8-6-14)30-21(23,24)25/h1-8H,9-11H2. The van der Waals surface area contributed by atoms with Crippen LogP contribution >= 0.6 is 35.1 Å². The highest BCUT2D eigenvalue weighted by atomic mass is 35.5. The quantitative estimate of drug-likeness (QED) is 0.257. The normalized spacial score (nSPS) is 13.1. The van der Waals surface area contributed by atoms with Gasteiger partial charge in [-0.2, -0.15) is 0 Å². The molecule has 11 heteroatoms. The highest BCUT2D eigenvalue weighted by molar-refractivity contribution is 8.00. The number of nitrogens with zero attached hydrogens (tertiary/aromatic N) is 2. The van der Waals surface area contributed by atoms with Gasteiger partial charge in [-0.05, 0) is 48.5 Å². The van der Waals surface area contributed by atoms with E-state index < -0.39 is 12.1 Å². The molecule has 0 radical (unpaired) electrons. The van der Waals surface area contributed by atoms with Crippen LogP contribution in [0.2, 0.25) is 5.02 Å². The number of halogens is 4. The molecule has 0 spiro atoms. The molecule has 1 aliphatic rings. The van der Waals surface area contributed by atoms with Gasteiger partial charge < -0.3 is 4.74 Å². The van der Waals surface area contributed by atoms with Crippen LogP contribution in [0.3, 0.4) is 0 Å². The monoisotopic (exact) mass is 498 g/mol. The number of benzene rings is 2. The summed E-state index contributed by atoms with van der Waals surface area (Å²) in [5.41, 5.74) is 1.15. The van der Waals surface area contributed by atoms with Gasteiger partial charge in [0.15, 0.2) is 10.9 Å². The summed E-state index contributed by atoms with van der Waals surface area (Å²) >= 11 is 8.34. The number of carbonyl (C=O) groups excluding carboxylic acids is 1. The lowest BCUT2D eigenvalue weighted by Gasteiger charge is -2.14. The number of hydrogen-bond acceptors (Lipinski definition) is 6.